The molecule has 2 aromatic carbocycles. The average molecular weight is 341 g/mol. The molecule has 3 aromatic rings. The molecule has 0 fully saturated rings. The standard InChI is InChI=1S/C19H19NO3S/c1-13-9-11-14(12-10-13)24(21,22)23-18-8-4-6-16-15-5-2-3-7-17(15)20-19(16)18/h4,6,8-12,20H,2-3,5,7H2,1H3. The van der Waals surface area contributed by atoms with Crippen molar-refractivity contribution in [3.8, 4) is 5.75 Å². The summed E-state index contributed by atoms with van der Waals surface area (Å²) in [6, 6.07) is 12.3. The van der Waals surface area contributed by atoms with E-state index in [1.54, 1.807) is 30.3 Å². The van der Waals surface area contributed by atoms with Gasteiger partial charge in [-0.25, -0.2) is 0 Å². The summed E-state index contributed by atoms with van der Waals surface area (Å²) in [5.74, 6) is 0.363. The number of benzene rings is 2. The molecule has 0 spiro atoms. The molecule has 0 atom stereocenters. The van der Waals surface area contributed by atoms with Crippen molar-refractivity contribution >= 4 is 21.0 Å². The Morgan fingerprint density at radius 3 is 2.54 bits per heavy atom. The third-order valence-corrected chi connectivity index (χ3v) is 5.85. The Morgan fingerprint density at radius 2 is 1.75 bits per heavy atom. The highest BCUT2D eigenvalue weighted by molar-refractivity contribution is 7.87. The summed E-state index contributed by atoms with van der Waals surface area (Å²) in [4.78, 5) is 3.55. The van der Waals surface area contributed by atoms with Crippen molar-refractivity contribution in [1.29, 1.82) is 0 Å². The molecule has 1 aromatic heterocycles. The van der Waals surface area contributed by atoms with E-state index in [0.717, 1.165) is 35.7 Å². The molecule has 0 aliphatic heterocycles. The molecule has 24 heavy (non-hydrogen) atoms. The highest BCUT2D eigenvalue weighted by atomic mass is 32.2. The van der Waals surface area contributed by atoms with Crippen LogP contribution in [0.4, 0.5) is 0 Å². The summed E-state index contributed by atoms with van der Waals surface area (Å²) < 4.78 is 30.6. The number of fused-ring (bicyclic) bond motifs is 3. The van der Waals surface area contributed by atoms with Gasteiger partial charge >= 0.3 is 10.1 Å². The fourth-order valence-electron chi connectivity index (χ4n) is 3.34. The molecule has 0 bridgehead atoms. The predicted octanol–water partition coefficient (Wildman–Crippen LogP) is 4.12. The maximum atomic E-state index is 12.6. The van der Waals surface area contributed by atoms with Crippen LogP contribution in [0.25, 0.3) is 10.9 Å². The molecule has 0 saturated carbocycles. The summed E-state index contributed by atoms with van der Waals surface area (Å²) in [5, 5.41) is 1.07. The number of aromatic nitrogens is 1. The van der Waals surface area contributed by atoms with Crippen LogP contribution in [0, 0.1) is 6.92 Å². The van der Waals surface area contributed by atoms with Gasteiger partial charge in [0.05, 0.1) is 5.52 Å². The normalized spacial score (nSPS) is 14.5. The Balaban J connectivity index is 1.77. The van der Waals surface area contributed by atoms with Gasteiger partial charge in [-0.2, -0.15) is 8.42 Å². The van der Waals surface area contributed by atoms with Gasteiger partial charge in [0, 0.05) is 11.1 Å². The Labute approximate surface area is 141 Å². The second-order valence-corrected chi connectivity index (χ2v) is 7.86. The second kappa shape index (κ2) is 5.67. The monoisotopic (exact) mass is 341 g/mol. The van der Waals surface area contributed by atoms with Gasteiger partial charge in [-0.3, -0.25) is 0 Å². The molecule has 5 heteroatoms. The van der Waals surface area contributed by atoms with Gasteiger partial charge in [0.1, 0.15) is 4.90 Å². The number of rotatable bonds is 3. The zero-order valence-corrected chi connectivity index (χ0v) is 14.3. The van der Waals surface area contributed by atoms with Gasteiger partial charge in [0.2, 0.25) is 0 Å². The molecular weight excluding hydrogens is 322 g/mol. The minimum Gasteiger partial charge on any atom is -0.377 e. The summed E-state index contributed by atoms with van der Waals surface area (Å²) in [5.41, 5.74) is 4.29. The number of nitrogens with one attached hydrogen (secondary N) is 1. The van der Waals surface area contributed by atoms with Crippen LogP contribution in [0.15, 0.2) is 47.4 Å². The molecule has 1 heterocycles. The largest absolute Gasteiger partial charge is 0.377 e. The van der Waals surface area contributed by atoms with E-state index >= 15 is 0 Å². The molecular formula is C19H19NO3S. The molecule has 0 amide bonds. The quantitative estimate of drug-likeness (QED) is 0.729. The lowest BCUT2D eigenvalue weighted by molar-refractivity contribution is 0.488. The smallest absolute Gasteiger partial charge is 0.339 e. The number of hydrogen-bond donors (Lipinski definition) is 1. The number of aryl methyl sites for hydroxylation is 3. The van der Waals surface area contributed by atoms with E-state index in [-0.39, 0.29) is 4.90 Å². The Hall–Kier alpha value is -2.27. The van der Waals surface area contributed by atoms with Gasteiger partial charge in [-0.1, -0.05) is 29.8 Å². The first-order chi connectivity index (χ1) is 11.5. The van der Waals surface area contributed by atoms with Crippen LogP contribution in [0.1, 0.15) is 29.7 Å². The van der Waals surface area contributed by atoms with E-state index in [0.29, 0.717) is 5.75 Å². The SMILES string of the molecule is Cc1ccc(S(=O)(=O)Oc2cccc3c4c([nH]c23)CCCC4)cc1. The van der Waals surface area contributed by atoms with Crippen LogP contribution in [0.5, 0.6) is 5.75 Å². The Bertz CT molecular complexity index is 1000. The highest BCUT2D eigenvalue weighted by Gasteiger charge is 2.21. The number of H-pyrrole nitrogens is 1. The molecule has 1 aliphatic carbocycles. The molecule has 0 saturated heterocycles. The van der Waals surface area contributed by atoms with Crippen LogP contribution in [0.2, 0.25) is 0 Å². The van der Waals surface area contributed by atoms with Crippen LogP contribution in [-0.4, -0.2) is 13.4 Å². The lowest BCUT2D eigenvalue weighted by Gasteiger charge is -2.10. The van der Waals surface area contributed by atoms with E-state index in [1.165, 1.54) is 17.7 Å². The van der Waals surface area contributed by atoms with E-state index < -0.39 is 10.1 Å². The third-order valence-electron chi connectivity index (χ3n) is 4.60. The van der Waals surface area contributed by atoms with Gasteiger partial charge in [0.25, 0.3) is 0 Å². The number of para-hydroxylation sites is 1. The van der Waals surface area contributed by atoms with Crippen molar-refractivity contribution in [2.24, 2.45) is 0 Å². The topological polar surface area (TPSA) is 59.2 Å². The molecule has 0 radical (unpaired) electrons. The third kappa shape index (κ3) is 2.59. The van der Waals surface area contributed by atoms with E-state index in [2.05, 4.69) is 4.98 Å². The summed E-state index contributed by atoms with van der Waals surface area (Å²) in [6.45, 7) is 1.92. The Morgan fingerprint density at radius 1 is 1.00 bits per heavy atom. The molecule has 4 nitrogen and oxygen atoms in total. The lowest BCUT2D eigenvalue weighted by Crippen LogP contribution is -2.10. The zero-order chi connectivity index (χ0) is 16.7. The van der Waals surface area contributed by atoms with Gasteiger partial charge in [-0.05, 0) is 56.4 Å². The van der Waals surface area contributed by atoms with Crippen molar-refractivity contribution in [3.63, 3.8) is 0 Å². The van der Waals surface area contributed by atoms with E-state index in [4.69, 9.17) is 4.18 Å². The van der Waals surface area contributed by atoms with Gasteiger partial charge in [-0.15, -0.1) is 0 Å². The minimum atomic E-state index is -3.84. The van der Waals surface area contributed by atoms with Gasteiger partial charge < -0.3 is 9.17 Å². The van der Waals surface area contributed by atoms with E-state index in [1.807, 2.05) is 19.1 Å². The molecule has 4 rings (SSSR count). The van der Waals surface area contributed by atoms with Crippen LogP contribution < -0.4 is 4.18 Å². The Kier molecular flexibility index (Phi) is 3.61. The van der Waals surface area contributed by atoms with Crippen LogP contribution >= 0.6 is 0 Å². The predicted molar refractivity (Wildman–Crippen MR) is 93.9 cm³/mol. The summed E-state index contributed by atoms with van der Waals surface area (Å²) >= 11 is 0. The molecule has 124 valence electrons. The first-order valence-electron chi connectivity index (χ1n) is 8.18. The summed E-state index contributed by atoms with van der Waals surface area (Å²) in [7, 11) is -3.84. The van der Waals surface area contributed by atoms with Gasteiger partial charge in [0.15, 0.2) is 5.75 Å². The van der Waals surface area contributed by atoms with Crippen molar-refractivity contribution < 1.29 is 12.6 Å². The first-order valence-corrected chi connectivity index (χ1v) is 9.59. The second-order valence-electron chi connectivity index (χ2n) is 6.32. The highest BCUT2D eigenvalue weighted by Crippen LogP contribution is 2.34. The average Bonchev–Trinajstić information content (AvgIpc) is 2.95. The van der Waals surface area contributed by atoms with Crippen molar-refractivity contribution in [3.05, 3.63) is 59.3 Å². The van der Waals surface area contributed by atoms with Crippen LogP contribution in [-0.2, 0) is 23.0 Å². The fourth-order valence-corrected chi connectivity index (χ4v) is 4.28. The number of hydrogen-bond acceptors (Lipinski definition) is 3. The summed E-state index contributed by atoms with van der Waals surface area (Å²) in [6.07, 6.45) is 4.38. The van der Waals surface area contributed by atoms with Crippen molar-refractivity contribution in [2.75, 3.05) is 0 Å². The maximum absolute atomic E-state index is 12.6. The van der Waals surface area contributed by atoms with Crippen molar-refractivity contribution in [2.45, 2.75) is 37.5 Å². The molecule has 0 unspecified atom stereocenters. The van der Waals surface area contributed by atoms with E-state index in [9.17, 15) is 8.42 Å². The first kappa shape index (κ1) is 15.3. The molecule has 1 N–H and O–H groups in total. The zero-order valence-electron chi connectivity index (χ0n) is 13.5. The molecule has 1 aliphatic rings. The van der Waals surface area contributed by atoms with Crippen molar-refractivity contribution in [1.82, 2.24) is 4.98 Å². The lowest BCUT2D eigenvalue weighted by atomic mass is 9.96. The van der Waals surface area contributed by atoms with Crippen LogP contribution in [0.3, 0.4) is 0 Å². The number of aromatic amines is 1. The fraction of sp³-hybridized carbons (Fsp3) is 0.263. The maximum Gasteiger partial charge on any atom is 0.339 e. The minimum absolute atomic E-state index is 0.168.